The summed E-state index contributed by atoms with van der Waals surface area (Å²) >= 11 is 0. The van der Waals surface area contributed by atoms with Crippen LogP contribution in [0.5, 0.6) is 0 Å². The molecule has 1 saturated heterocycles. The second kappa shape index (κ2) is 8.54. The molecule has 1 amide bonds. The van der Waals surface area contributed by atoms with E-state index in [2.05, 4.69) is 20.6 Å². The first-order valence-electron chi connectivity index (χ1n) is 8.65. The third-order valence-electron chi connectivity index (χ3n) is 4.27. The fourth-order valence-corrected chi connectivity index (χ4v) is 2.87. The molecule has 1 aromatic heterocycles. The molecule has 2 aromatic rings. The van der Waals surface area contributed by atoms with Crippen molar-refractivity contribution in [3.63, 3.8) is 0 Å². The van der Waals surface area contributed by atoms with Crippen LogP contribution in [0.1, 0.15) is 16.9 Å². The van der Waals surface area contributed by atoms with Gasteiger partial charge in [0.1, 0.15) is 0 Å². The summed E-state index contributed by atoms with van der Waals surface area (Å²) in [4.78, 5) is 25.0. The van der Waals surface area contributed by atoms with E-state index in [1.54, 1.807) is 24.4 Å². The van der Waals surface area contributed by atoms with Crippen molar-refractivity contribution in [3.05, 3.63) is 52.3 Å². The number of non-ortho nitro benzene ring substituents is 1. The summed E-state index contributed by atoms with van der Waals surface area (Å²) in [7, 11) is 0. The standard InChI is InChI=1S/C17H22N6O3/c24-17(19-6-2-9-21-11-7-18-8-12-21)16-5-10-22(20-16)14-3-1-4-15(13-14)23(25)26/h1,3-5,10,13,18H,2,6-9,11-12H2,(H,19,24). The predicted octanol–water partition coefficient (Wildman–Crippen LogP) is 0.806. The number of nitro groups is 1. The second-order valence-corrected chi connectivity index (χ2v) is 6.12. The summed E-state index contributed by atoms with van der Waals surface area (Å²) in [5.41, 5.74) is 0.813. The molecule has 0 radical (unpaired) electrons. The third kappa shape index (κ3) is 4.64. The van der Waals surface area contributed by atoms with E-state index in [0.717, 1.165) is 39.1 Å². The van der Waals surface area contributed by atoms with Crippen molar-refractivity contribution in [2.45, 2.75) is 6.42 Å². The van der Waals surface area contributed by atoms with Crippen LogP contribution in [0.15, 0.2) is 36.5 Å². The number of carbonyl (C=O) groups is 1. The van der Waals surface area contributed by atoms with Crippen LogP contribution >= 0.6 is 0 Å². The lowest BCUT2D eigenvalue weighted by molar-refractivity contribution is -0.384. The first-order chi connectivity index (χ1) is 12.6. The highest BCUT2D eigenvalue weighted by molar-refractivity contribution is 5.92. The van der Waals surface area contributed by atoms with Crippen molar-refractivity contribution in [1.29, 1.82) is 0 Å². The quantitative estimate of drug-likeness (QED) is 0.431. The Morgan fingerprint density at radius 2 is 2.12 bits per heavy atom. The van der Waals surface area contributed by atoms with Gasteiger partial charge in [-0.3, -0.25) is 14.9 Å². The number of amides is 1. The zero-order chi connectivity index (χ0) is 18.4. The van der Waals surface area contributed by atoms with Gasteiger partial charge in [-0.25, -0.2) is 4.68 Å². The lowest BCUT2D eigenvalue weighted by Crippen LogP contribution is -2.44. The molecule has 1 aliphatic rings. The maximum atomic E-state index is 12.2. The van der Waals surface area contributed by atoms with E-state index in [1.807, 2.05) is 0 Å². The predicted molar refractivity (Wildman–Crippen MR) is 96.5 cm³/mol. The van der Waals surface area contributed by atoms with Crippen LogP contribution in [0, 0.1) is 10.1 Å². The molecule has 1 fully saturated rings. The summed E-state index contributed by atoms with van der Waals surface area (Å²) in [5, 5.41) is 21.3. The molecule has 2 N–H and O–H groups in total. The number of aromatic nitrogens is 2. The van der Waals surface area contributed by atoms with E-state index in [4.69, 9.17) is 0 Å². The number of hydrogen-bond acceptors (Lipinski definition) is 6. The Morgan fingerprint density at radius 1 is 1.31 bits per heavy atom. The molecular formula is C17H22N6O3. The van der Waals surface area contributed by atoms with Crippen molar-refractivity contribution >= 4 is 11.6 Å². The third-order valence-corrected chi connectivity index (χ3v) is 4.27. The molecule has 9 heteroatoms. The number of rotatable bonds is 7. The number of nitrogens with zero attached hydrogens (tertiary/aromatic N) is 4. The highest BCUT2D eigenvalue weighted by Gasteiger charge is 2.13. The molecule has 0 saturated carbocycles. The first-order valence-corrected chi connectivity index (χ1v) is 8.65. The van der Waals surface area contributed by atoms with Crippen molar-refractivity contribution in [2.24, 2.45) is 0 Å². The maximum Gasteiger partial charge on any atom is 0.271 e. The molecule has 0 spiro atoms. The Balaban J connectivity index is 1.51. The minimum atomic E-state index is -0.459. The Hall–Kier alpha value is -2.78. The largest absolute Gasteiger partial charge is 0.351 e. The fourth-order valence-electron chi connectivity index (χ4n) is 2.87. The van der Waals surface area contributed by atoms with Gasteiger partial charge >= 0.3 is 0 Å². The lowest BCUT2D eigenvalue weighted by Gasteiger charge is -2.26. The van der Waals surface area contributed by atoms with E-state index < -0.39 is 4.92 Å². The fraction of sp³-hybridized carbons (Fsp3) is 0.412. The minimum Gasteiger partial charge on any atom is -0.351 e. The Bertz CT molecular complexity index is 769. The van der Waals surface area contributed by atoms with Gasteiger partial charge in [-0.2, -0.15) is 5.10 Å². The molecule has 2 heterocycles. The molecule has 26 heavy (non-hydrogen) atoms. The van der Waals surface area contributed by atoms with Crippen LogP contribution in [0.2, 0.25) is 0 Å². The van der Waals surface area contributed by atoms with E-state index in [1.165, 1.54) is 16.8 Å². The zero-order valence-electron chi connectivity index (χ0n) is 14.4. The topological polar surface area (TPSA) is 105 Å². The van der Waals surface area contributed by atoms with Gasteiger partial charge in [0.2, 0.25) is 0 Å². The van der Waals surface area contributed by atoms with Crippen molar-refractivity contribution in [1.82, 2.24) is 25.3 Å². The van der Waals surface area contributed by atoms with Crippen LogP contribution in [-0.4, -0.2) is 64.8 Å². The molecule has 0 atom stereocenters. The Morgan fingerprint density at radius 3 is 2.88 bits per heavy atom. The summed E-state index contributed by atoms with van der Waals surface area (Å²) in [6.45, 7) is 5.67. The van der Waals surface area contributed by atoms with Gasteiger partial charge in [-0.1, -0.05) is 6.07 Å². The van der Waals surface area contributed by atoms with Gasteiger partial charge in [-0.15, -0.1) is 0 Å². The smallest absolute Gasteiger partial charge is 0.271 e. The van der Waals surface area contributed by atoms with E-state index >= 15 is 0 Å². The van der Waals surface area contributed by atoms with Crippen LogP contribution in [-0.2, 0) is 0 Å². The highest BCUT2D eigenvalue weighted by atomic mass is 16.6. The van der Waals surface area contributed by atoms with Crippen LogP contribution in [0.3, 0.4) is 0 Å². The minimum absolute atomic E-state index is 0.0167. The first kappa shape index (κ1) is 18.0. The van der Waals surface area contributed by atoms with Gasteiger partial charge in [0.05, 0.1) is 10.6 Å². The van der Waals surface area contributed by atoms with Gasteiger partial charge < -0.3 is 15.5 Å². The van der Waals surface area contributed by atoms with Gasteiger partial charge in [-0.05, 0) is 25.1 Å². The average molecular weight is 358 g/mol. The number of nitrogens with one attached hydrogen (secondary N) is 2. The molecule has 0 unspecified atom stereocenters. The van der Waals surface area contributed by atoms with Crippen molar-refractivity contribution in [2.75, 3.05) is 39.3 Å². The molecule has 0 aliphatic carbocycles. The van der Waals surface area contributed by atoms with Crippen molar-refractivity contribution < 1.29 is 9.72 Å². The Labute approximate surface area is 151 Å². The summed E-state index contributed by atoms with van der Waals surface area (Å²) < 4.78 is 1.46. The summed E-state index contributed by atoms with van der Waals surface area (Å²) in [6, 6.07) is 7.73. The summed E-state index contributed by atoms with van der Waals surface area (Å²) in [5.74, 6) is -0.241. The lowest BCUT2D eigenvalue weighted by atomic mass is 10.3. The molecular weight excluding hydrogens is 336 g/mol. The van der Waals surface area contributed by atoms with E-state index in [9.17, 15) is 14.9 Å². The normalized spacial score (nSPS) is 14.9. The molecule has 1 aliphatic heterocycles. The van der Waals surface area contributed by atoms with E-state index in [0.29, 0.717) is 17.9 Å². The molecule has 138 valence electrons. The maximum absolute atomic E-state index is 12.2. The molecule has 9 nitrogen and oxygen atoms in total. The molecule has 1 aromatic carbocycles. The Kier molecular flexibility index (Phi) is 5.92. The van der Waals surface area contributed by atoms with Crippen molar-refractivity contribution in [3.8, 4) is 5.69 Å². The van der Waals surface area contributed by atoms with Gasteiger partial charge in [0.15, 0.2) is 5.69 Å². The van der Waals surface area contributed by atoms with E-state index in [-0.39, 0.29) is 11.6 Å². The number of carbonyl (C=O) groups excluding carboxylic acids is 1. The SMILES string of the molecule is O=C(NCCCN1CCNCC1)c1ccn(-c2cccc([N+](=O)[O-])c2)n1. The highest BCUT2D eigenvalue weighted by Crippen LogP contribution is 2.16. The molecule has 0 bridgehead atoms. The monoisotopic (exact) mass is 358 g/mol. The van der Waals surface area contributed by atoms with Crippen LogP contribution < -0.4 is 10.6 Å². The number of nitro benzene ring substituents is 1. The van der Waals surface area contributed by atoms with Crippen LogP contribution in [0.25, 0.3) is 5.69 Å². The molecule has 3 rings (SSSR count). The summed E-state index contributed by atoms with van der Waals surface area (Å²) in [6.07, 6.45) is 2.51. The number of piperazine rings is 1. The van der Waals surface area contributed by atoms with Crippen LogP contribution in [0.4, 0.5) is 5.69 Å². The van der Waals surface area contributed by atoms with Gasteiger partial charge in [0.25, 0.3) is 11.6 Å². The zero-order valence-corrected chi connectivity index (χ0v) is 14.4. The second-order valence-electron chi connectivity index (χ2n) is 6.12. The number of benzene rings is 1. The van der Waals surface area contributed by atoms with Gasteiger partial charge in [0, 0.05) is 51.1 Å². The number of hydrogen-bond donors (Lipinski definition) is 2. The average Bonchev–Trinajstić information content (AvgIpc) is 3.16.